The summed E-state index contributed by atoms with van der Waals surface area (Å²) < 4.78 is 5.90. The second-order valence-electron chi connectivity index (χ2n) is 6.07. The van der Waals surface area contributed by atoms with Crippen molar-refractivity contribution in [2.75, 3.05) is 32.8 Å². The van der Waals surface area contributed by atoms with Crippen LogP contribution in [0.2, 0.25) is 0 Å². The number of nitrogens with zero attached hydrogens (tertiary/aromatic N) is 1. The molecule has 4 heteroatoms. The lowest BCUT2D eigenvalue weighted by Gasteiger charge is -2.35. The Morgan fingerprint density at radius 3 is 2.90 bits per heavy atom. The van der Waals surface area contributed by atoms with Gasteiger partial charge in [0, 0.05) is 38.7 Å². The number of hydrogen-bond acceptors (Lipinski definition) is 3. The Hall–Kier alpha value is -1.39. The number of aryl methyl sites for hydroxylation is 1. The molecule has 0 aromatic heterocycles. The number of rotatable bonds is 2. The number of piperazine rings is 1. The summed E-state index contributed by atoms with van der Waals surface area (Å²) in [6, 6.07) is 8.43. The lowest BCUT2D eigenvalue weighted by atomic mass is 9.90. The molecular weight excluding hydrogens is 264 g/mol. The van der Waals surface area contributed by atoms with Gasteiger partial charge in [-0.2, -0.15) is 0 Å². The van der Waals surface area contributed by atoms with E-state index in [0.717, 1.165) is 39.0 Å². The fourth-order valence-electron chi connectivity index (χ4n) is 3.27. The van der Waals surface area contributed by atoms with Gasteiger partial charge in [-0.05, 0) is 25.3 Å². The van der Waals surface area contributed by atoms with Gasteiger partial charge < -0.3 is 15.0 Å². The van der Waals surface area contributed by atoms with E-state index >= 15 is 0 Å². The minimum absolute atomic E-state index is 0.0653. The van der Waals surface area contributed by atoms with Crippen molar-refractivity contribution in [2.24, 2.45) is 5.92 Å². The SMILES string of the molecule is Cc1cccc(C2CC(C(=O)N3CCNCC3)CCO2)c1. The van der Waals surface area contributed by atoms with Gasteiger partial charge in [-0.1, -0.05) is 29.8 Å². The normalized spacial score (nSPS) is 26.6. The Bertz CT molecular complexity index is 497. The quantitative estimate of drug-likeness (QED) is 0.903. The Labute approximate surface area is 126 Å². The topological polar surface area (TPSA) is 41.6 Å². The monoisotopic (exact) mass is 288 g/mol. The first kappa shape index (κ1) is 14.5. The zero-order chi connectivity index (χ0) is 14.7. The maximum absolute atomic E-state index is 12.6. The highest BCUT2D eigenvalue weighted by atomic mass is 16.5. The third-order valence-electron chi connectivity index (χ3n) is 4.48. The maximum Gasteiger partial charge on any atom is 0.225 e. The molecule has 0 saturated carbocycles. The molecule has 0 spiro atoms. The molecule has 2 fully saturated rings. The minimum atomic E-state index is 0.0653. The van der Waals surface area contributed by atoms with Gasteiger partial charge in [0.15, 0.2) is 0 Å². The van der Waals surface area contributed by atoms with Crippen molar-refractivity contribution in [3.8, 4) is 0 Å². The highest BCUT2D eigenvalue weighted by Crippen LogP contribution is 2.33. The molecule has 4 nitrogen and oxygen atoms in total. The predicted octanol–water partition coefficient (Wildman–Crippen LogP) is 1.89. The molecule has 2 heterocycles. The second-order valence-corrected chi connectivity index (χ2v) is 6.07. The Morgan fingerprint density at radius 2 is 2.14 bits per heavy atom. The zero-order valence-electron chi connectivity index (χ0n) is 12.7. The van der Waals surface area contributed by atoms with Crippen molar-refractivity contribution in [1.82, 2.24) is 10.2 Å². The molecule has 2 saturated heterocycles. The van der Waals surface area contributed by atoms with Crippen LogP contribution in [0.5, 0.6) is 0 Å². The molecule has 1 amide bonds. The molecule has 2 aliphatic heterocycles. The molecule has 2 unspecified atom stereocenters. The van der Waals surface area contributed by atoms with Crippen LogP contribution in [-0.2, 0) is 9.53 Å². The van der Waals surface area contributed by atoms with Gasteiger partial charge in [-0.15, -0.1) is 0 Å². The molecule has 0 aliphatic carbocycles. The van der Waals surface area contributed by atoms with E-state index in [1.54, 1.807) is 0 Å². The highest BCUT2D eigenvalue weighted by molar-refractivity contribution is 5.79. The molecule has 3 rings (SSSR count). The minimum Gasteiger partial charge on any atom is -0.373 e. The van der Waals surface area contributed by atoms with Crippen LogP contribution in [0.25, 0.3) is 0 Å². The van der Waals surface area contributed by atoms with Crippen molar-refractivity contribution in [3.05, 3.63) is 35.4 Å². The Kier molecular flexibility index (Phi) is 4.56. The van der Waals surface area contributed by atoms with E-state index in [2.05, 4.69) is 36.5 Å². The van der Waals surface area contributed by atoms with E-state index in [0.29, 0.717) is 12.5 Å². The standard InChI is InChI=1S/C17H24N2O2/c1-13-3-2-4-14(11-13)16-12-15(5-10-21-16)17(20)19-8-6-18-7-9-19/h2-4,11,15-16,18H,5-10,12H2,1H3. The third-order valence-corrected chi connectivity index (χ3v) is 4.48. The molecule has 2 atom stereocenters. The molecule has 1 aromatic rings. The van der Waals surface area contributed by atoms with Crippen LogP contribution in [0.15, 0.2) is 24.3 Å². The number of carbonyl (C=O) groups excluding carboxylic acids is 1. The van der Waals surface area contributed by atoms with E-state index in [1.165, 1.54) is 11.1 Å². The van der Waals surface area contributed by atoms with Crippen LogP contribution < -0.4 is 5.32 Å². The smallest absolute Gasteiger partial charge is 0.225 e. The second kappa shape index (κ2) is 6.58. The first-order valence-electron chi connectivity index (χ1n) is 7.92. The summed E-state index contributed by atoms with van der Waals surface area (Å²) >= 11 is 0. The van der Waals surface area contributed by atoms with Crippen molar-refractivity contribution in [3.63, 3.8) is 0 Å². The van der Waals surface area contributed by atoms with E-state index in [9.17, 15) is 4.79 Å². The van der Waals surface area contributed by atoms with E-state index in [1.807, 2.05) is 4.90 Å². The van der Waals surface area contributed by atoms with Crippen LogP contribution in [0, 0.1) is 12.8 Å². The van der Waals surface area contributed by atoms with Crippen molar-refractivity contribution >= 4 is 5.91 Å². The molecular formula is C17H24N2O2. The average molecular weight is 288 g/mol. The zero-order valence-corrected chi connectivity index (χ0v) is 12.7. The molecule has 1 aromatic carbocycles. The number of benzene rings is 1. The van der Waals surface area contributed by atoms with Gasteiger partial charge in [0.05, 0.1) is 6.10 Å². The molecule has 1 N–H and O–H groups in total. The number of amides is 1. The van der Waals surface area contributed by atoms with Gasteiger partial charge >= 0.3 is 0 Å². The lowest BCUT2D eigenvalue weighted by molar-refractivity contribution is -0.141. The van der Waals surface area contributed by atoms with Crippen molar-refractivity contribution < 1.29 is 9.53 Å². The van der Waals surface area contributed by atoms with E-state index in [-0.39, 0.29) is 12.0 Å². The summed E-state index contributed by atoms with van der Waals surface area (Å²) in [5.41, 5.74) is 2.44. The molecule has 2 aliphatic rings. The molecule has 0 bridgehead atoms. The van der Waals surface area contributed by atoms with Crippen LogP contribution in [0.3, 0.4) is 0 Å². The number of carbonyl (C=O) groups is 1. The van der Waals surface area contributed by atoms with Crippen LogP contribution in [-0.4, -0.2) is 43.6 Å². The molecule has 114 valence electrons. The lowest BCUT2D eigenvalue weighted by Crippen LogP contribution is -2.49. The summed E-state index contributed by atoms with van der Waals surface area (Å²) in [5.74, 6) is 0.430. The Balaban J connectivity index is 1.66. The Morgan fingerprint density at radius 1 is 1.33 bits per heavy atom. The van der Waals surface area contributed by atoms with Crippen LogP contribution in [0.1, 0.15) is 30.1 Å². The van der Waals surface area contributed by atoms with Crippen molar-refractivity contribution in [2.45, 2.75) is 25.9 Å². The molecule has 21 heavy (non-hydrogen) atoms. The summed E-state index contributed by atoms with van der Waals surface area (Å²) in [6.45, 7) is 6.28. The number of ether oxygens (including phenoxy) is 1. The van der Waals surface area contributed by atoms with Gasteiger partial charge in [0.25, 0.3) is 0 Å². The third kappa shape index (κ3) is 3.44. The van der Waals surface area contributed by atoms with Gasteiger partial charge in [-0.3, -0.25) is 4.79 Å². The average Bonchev–Trinajstić information content (AvgIpc) is 2.55. The fraction of sp³-hybridized carbons (Fsp3) is 0.588. The van der Waals surface area contributed by atoms with Crippen LogP contribution >= 0.6 is 0 Å². The highest BCUT2D eigenvalue weighted by Gasteiger charge is 2.31. The van der Waals surface area contributed by atoms with Crippen LogP contribution in [0.4, 0.5) is 0 Å². The van der Waals surface area contributed by atoms with E-state index in [4.69, 9.17) is 4.74 Å². The number of nitrogens with one attached hydrogen (secondary N) is 1. The summed E-state index contributed by atoms with van der Waals surface area (Å²) in [6.07, 6.45) is 1.73. The fourth-order valence-corrected chi connectivity index (χ4v) is 3.27. The van der Waals surface area contributed by atoms with E-state index < -0.39 is 0 Å². The largest absolute Gasteiger partial charge is 0.373 e. The van der Waals surface area contributed by atoms with Gasteiger partial charge in [0.2, 0.25) is 5.91 Å². The van der Waals surface area contributed by atoms with Crippen molar-refractivity contribution in [1.29, 1.82) is 0 Å². The van der Waals surface area contributed by atoms with Gasteiger partial charge in [0.1, 0.15) is 0 Å². The first-order valence-corrected chi connectivity index (χ1v) is 7.92. The molecule has 0 radical (unpaired) electrons. The first-order chi connectivity index (χ1) is 10.2. The number of hydrogen-bond donors (Lipinski definition) is 1. The summed E-state index contributed by atoms with van der Waals surface area (Å²) in [4.78, 5) is 14.7. The maximum atomic E-state index is 12.6. The summed E-state index contributed by atoms with van der Waals surface area (Å²) in [7, 11) is 0. The van der Waals surface area contributed by atoms with Gasteiger partial charge in [-0.25, -0.2) is 0 Å². The summed E-state index contributed by atoms with van der Waals surface area (Å²) in [5, 5.41) is 3.29. The predicted molar refractivity (Wildman–Crippen MR) is 82.0 cm³/mol.